The number of hydrogen-bond acceptors (Lipinski definition) is 6. The molecule has 0 radical (unpaired) electrons. The fourth-order valence-corrected chi connectivity index (χ4v) is 6.50. The minimum Gasteiger partial charge on any atom is -0.469 e. The van der Waals surface area contributed by atoms with Gasteiger partial charge in [-0.05, 0) is 36.1 Å². The van der Waals surface area contributed by atoms with Crippen LogP contribution in [0.15, 0.2) is 121 Å². The summed E-state index contributed by atoms with van der Waals surface area (Å²) in [6.45, 7) is 5.68. The number of benzene rings is 4. The molecule has 0 saturated carbocycles. The van der Waals surface area contributed by atoms with E-state index in [4.69, 9.17) is 9.47 Å². The molecule has 4 aromatic carbocycles. The quantitative estimate of drug-likeness (QED) is 0.217. The summed E-state index contributed by atoms with van der Waals surface area (Å²) in [6.07, 6.45) is 0. The van der Waals surface area contributed by atoms with Gasteiger partial charge in [0.25, 0.3) is 0 Å². The third-order valence-corrected chi connectivity index (χ3v) is 9.16. The van der Waals surface area contributed by atoms with E-state index in [0.29, 0.717) is 0 Å². The van der Waals surface area contributed by atoms with Gasteiger partial charge in [-0.1, -0.05) is 121 Å². The molecular formula is C38H42N2O4. The van der Waals surface area contributed by atoms with E-state index in [1.807, 2.05) is 24.3 Å². The molecule has 0 aliphatic carbocycles. The fraction of sp³-hybridized carbons (Fsp3) is 0.316. The van der Waals surface area contributed by atoms with Gasteiger partial charge in [0.05, 0.1) is 38.1 Å². The van der Waals surface area contributed by atoms with Gasteiger partial charge in [0.1, 0.15) is 0 Å². The van der Waals surface area contributed by atoms with E-state index < -0.39 is 0 Å². The molecule has 4 aromatic rings. The summed E-state index contributed by atoms with van der Waals surface area (Å²) in [6, 6.07) is 42.5. The summed E-state index contributed by atoms with van der Waals surface area (Å²) in [7, 11) is 2.92. The van der Waals surface area contributed by atoms with Crippen LogP contribution in [0, 0.1) is 11.8 Å². The van der Waals surface area contributed by atoms with Crippen molar-refractivity contribution < 1.29 is 19.1 Å². The van der Waals surface area contributed by atoms with Crippen LogP contribution in [0.2, 0.25) is 0 Å². The molecule has 0 amide bonds. The molecule has 44 heavy (non-hydrogen) atoms. The highest BCUT2D eigenvalue weighted by Crippen LogP contribution is 2.40. The molecule has 0 aromatic heterocycles. The van der Waals surface area contributed by atoms with E-state index in [-0.39, 0.29) is 47.9 Å². The first-order chi connectivity index (χ1) is 21.4. The maximum Gasteiger partial charge on any atom is 0.311 e. The van der Waals surface area contributed by atoms with Crippen molar-refractivity contribution in [2.75, 3.05) is 27.3 Å². The van der Waals surface area contributed by atoms with Gasteiger partial charge in [0.2, 0.25) is 0 Å². The van der Waals surface area contributed by atoms with Gasteiger partial charge < -0.3 is 9.47 Å². The third-order valence-electron chi connectivity index (χ3n) is 9.16. The Kier molecular flexibility index (Phi) is 10.3. The van der Waals surface area contributed by atoms with E-state index in [9.17, 15) is 9.59 Å². The first-order valence-corrected chi connectivity index (χ1v) is 15.3. The number of likely N-dealkylation sites (tertiary alicyclic amines) is 2. The lowest BCUT2D eigenvalue weighted by Crippen LogP contribution is -2.59. The Morgan fingerprint density at radius 2 is 0.773 bits per heavy atom. The van der Waals surface area contributed by atoms with Crippen LogP contribution in [0.25, 0.3) is 0 Å². The Labute approximate surface area is 261 Å². The standard InChI is InChI=1S/2C19H21NO2/c2*1-14-17(19(21)22-2)13-20(14)18(15-9-5-3-6-10-15)16-11-7-4-8-12-16/h2*3-12,14,17-18H,13H2,1-2H3/t2*14-,17+/m10/s1. The highest BCUT2D eigenvalue weighted by Gasteiger charge is 2.46. The van der Waals surface area contributed by atoms with Gasteiger partial charge >= 0.3 is 11.9 Å². The summed E-state index contributed by atoms with van der Waals surface area (Å²) in [5.41, 5.74) is 5.01. The van der Waals surface area contributed by atoms with E-state index in [1.54, 1.807) is 0 Å². The Hall–Kier alpha value is -4.26. The second-order valence-corrected chi connectivity index (χ2v) is 11.6. The van der Waals surface area contributed by atoms with Crippen molar-refractivity contribution in [1.29, 1.82) is 0 Å². The molecule has 6 heteroatoms. The van der Waals surface area contributed by atoms with Crippen molar-refractivity contribution in [2.45, 2.75) is 38.0 Å². The van der Waals surface area contributed by atoms with Gasteiger partial charge in [-0.25, -0.2) is 0 Å². The SMILES string of the molecule is COC(=O)[C@@H]1CN(C(c2ccccc2)c2ccccc2)[C@H]1C.COC(=O)[C@H]1CN(C(c2ccccc2)c2ccccc2)[C@@H]1C. The predicted octanol–water partition coefficient (Wildman–Crippen LogP) is 6.54. The number of nitrogens with zero attached hydrogens (tertiary/aromatic N) is 2. The number of esters is 2. The van der Waals surface area contributed by atoms with Crippen LogP contribution in [0.4, 0.5) is 0 Å². The highest BCUT2D eigenvalue weighted by molar-refractivity contribution is 5.75. The molecule has 2 heterocycles. The summed E-state index contributed by atoms with van der Waals surface area (Å²) in [5, 5.41) is 0. The molecule has 2 fully saturated rings. The zero-order valence-corrected chi connectivity index (χ0v) is 26.0. The molecule has 0 bridgehead atoms. The Bertz CT molecular complexity index is 1290. The van der Waals surface area contributed by atoms with Crippen molar-refractivity contribution in [2.24, 2.45) is 11.8 Å². The minimum absolute atomic E-state index is 0.0278. The maximum atomic E-state index is 11.8. The topological polar surface area (TPSA) is 59.1 Å². The molecule has 6 rings (SSSR count). The lowest BCUT2D eigenvalue weighted by Gasteiger charge is -2.49. The fourth-order valence-electron chi connectivity index (χ4n) is 6.50. The minimum atomic E-state index is -0.108. The first-order valence-electron chi connectivity index (χ1n) is 15.3. The van der Waals surface area contributed by atoms with Crippen LogP contribution in [0.3, 0.4) is 0 Å². The molecule has 0 unspecified atom stereocenters. The van der Waals surface area contributed by atoms with Gasteiger partial charge in [-0.2, -0.15) is 0 Å². The van der Waals surface area contributed by atoms with E-state index in [0.717, 1.165) is 13.1 Å². The van der Waals surface area contributed by atoms with Crippen LogP contribution < -0.4 is 0 Å². The maximum absolute atomic E-state index is 11.8. The molecule has 6 nitrogen and oxygen atoms in total. The van der Waals surface area contributed by atoms with Gasteiger partial charge in [0, 0.05) is 25.2 Å². The monoisotopic (exact) mass is 590 g/mol. The lowest BCUT2D eigenvalue weighted by atomic mass is 9.84. The largest absolute Gasteiger partial charge is 0.469 e. The average molecular weight is 591 g/mol. The zero-order chi connectivity index (χ0) is 31.1. The molecule has 228 valence electrons. The Morgan fingerprint density at radius 1 is 0.523 bits per heavy atom. The molecule has 0 spiro atoms. The van der Waals surface area contributed by atoms with Crippen molar-refractivity contribution in [3.63, 3.8) is 0 Å². The molecular weight excluding hydrogens is 548 g/mol. The lowest BCUT2D eigenvalue weighted by molar-refractivity contribution is -0.157. The second-order valence-electron chi connectivity index (χ2n) is 11.6. The number of carbonyl (C=O) groups excluding carboxylic acids is 2. The summed E-state index contributed by atoms with van der Waals surface area (Å²) in [5.74, 6) is -0.271. The van der Waals surface area contributed by atoms with Crippen LogP contribution in [0.5, 0.6) is 0 Å². The molecule has 4 atom stereocenters. The normalized spacial score (nSPS) is 21.4. The van der Waals surface area contributed by atoms with Crippen LogP contribution in [-0.4, -0.2) is 61.1 Å². The Morgan fingerprint density at radius 3 is 0.977 bits per heavy atom. The number of ether oxygens (including phenoxy) is 2. The smallest absolute Gasteiger partial charge is 0.311 e. The number of methoxy groups -OCH3 is 2. The summed E-state index contributed by atoms with van der Waals surface area (Å²) < 4.78 is 9.80. The highest BCUT2D eigenvalue weighted by atomic mass is 16.5. The summed E-state index contributed by atoms with van der Waals surface area (Å²) in [4.78, 5) is 28.3. The molecule has 2 aliphatic rings. The second kappa shape index (κ2) is 14.5. The average Bonchev–Trinajstić information content (AvgIpc) is 3.08. The third kappa shape index (κ3) is 6.62. The van der Waals surface area contributed by atoms with E-state index >= 15 is 0 Å². The molecule has 2 saturated heterocycles. The van der Waals surface area contributed by atoms with Crippen LogP contribution in [-0.2, 0) is 19.1 Å². The number of carbonyl (C=O) groups is 2. The van der Waals surface area contributed by atoms with Gasteiger partial charge in [-0.15, -0.1) is 0 Å². The number of hydrogen-bond donors (Lipinski definition) is 0. The van der Waals surface area contributed by atoms with Crippen LogP contribution >= 0.6 is 0 Å². The Balaban J connectivity index is 0.000000175. The van der Waals surface area contributed by atoms with E-state index in [1.165, 1.54) is 36.5 Å². The summed E-state index contributed by atoms with van der Waals surface area (Å²) >= 11 is 0. The molecule has 2 aliphatic heterocycles. The van der Waals surface area contributed by atoms with Crippen molar-refractivity contribution >= 4 is 11.9 Å². The van der Waals surface area contributed by atoms with Gasteiger partial charge in [-0.3, -0.25) is 19.4 Å². The number of rotatable bonds is 8. The van der Waals surface area contributed by atoms with Gasteiger partial charge in [0.15, 0.2) is 0 Å². The van der Waals surface area contributed by atoms with Crippen molar-refractivity contribution in [3.8, 4) is 0 Å². The predicted molar refractivity (Wildman–Crippen MR) is 173 cm³/mol. The van der Waals surface area contributed by atoms with E-state index in [2.05, 4.69) is 121 Å². The first kappa shape index (κ1) is 31.2. The van der Waals surface area contributed by atoms with Crippen molar-refractivity contribution in [1.82, 2.24) is 9.80 Å². The molecule has 0 N–H and O–H groups in total. The van der Waals surface area contributed by atoms with Crippen LogP contribution in [0.1, 0.15) is 48.2 Å². The van der Waals surface area contributed by atoms with Crippen molar-refractivity contribution in [3.05, 3.63) is 144 Å². The zero-order valence-electron chi connectivity index (χ0n) is 26.0.